The van der Waals surface area contributed by atoms with E-state index in [-0.39, 0.29) is 0 Å². The maximum Gasteiger partial charge on any atom is 0.187 e. The monoisotopic (exact) mass is 766 g/mol. The first-order chi connectivity index (χ1) is 24.5. The maximum atomic E-state index is 11.1. The second-order valence-corrected chi connectivity index (χ2v) is 13.5. The quantitative estimate of drug-likeness (QED) is 0.0981. The van der Waals surface area contributed by atoms with Crippen LogP contribution in [0.15, 0.2) is 0 Å². The van der Waals surface area contributed by atoms with Crippen LogP contribution in [0.3, 0.4) is 0 Å². The van der Waals surface area contributed by atoms with Gasteiger partial charge in [0.15, 0.2) is 31.5 Å². The van der Waals surface area contributed by atoms with Gasteiger partial charge in [-0.25, -0.2) is 0 Å². The molecule has 23 heteroatoms. The minimum Gasteiger partial charge on any atom is -0.394 e. The Kier molecular flexibility index (Phi) is 14.2. The fourth-order valence-corrected chi connectivity index (χ4v) is 6.59. The van der Waals surface area contributed by atoms with Crippen molar-refractivity contribution < 1.29 is 114 Å². The first-order valence-electron chi connectivity index (χ1n) is 16.7. The molecule has 0 saturated carbocycles. The zero-order valence-electron chi connectivity index (χ0n) is 27.9. The van der Waals surface area contributed by atoms with Crippen molar-refractivity contribution in [2.45, 2.75) is 161 Å². The van der Waals surface area contributed by atoms with Crippen molar-refractivity contribution in [2.24, 2.45) is 0 Å². The predicted molar refractivity (Wildman–Crippen MR) is 158 cm³/mol. The van der Waals surface area contributed by atoms with Crippen molar-refractivity contribution in [1.82, 2.24) is 0 Å². The molecule has 0 aromatic heterocycles. The van der Waals surface area contributed by atoms with Gasteiger partial charge in [0.2, 0.25) is 0 Å². The van der Waals surface area contributed by atoms with Crippen molar-refractivity contribution in [2.75, 3.05) is 19.8 Å². The van der Waals surface area contributed by atoms with Crippen LogP contribution in [0.4, 0.5) is 0 Å². The second-order valence-electron chi connectivity index (χ2n) is 13.5. The van der Waals surface area contributed by atoms with E-state index in [9.17, 15) is 71.5 Å². The zero-order chi connectivity index (χ0) is 38.3. The van der Waals surface area contributed by atoms with Gasteiger partial charge in [0, 0.05) is 0 Å². The summed E-state index contributed by atoms with van der Waals surface area (Å²) in [5, 5.41) is 146. The minimum atomic E-state index is -1.99. The summed E-state index contributed by atoms with van der Waals surface area (Å²) in [6.45, 7) is 0.382. The molecule has 52 heavy (non-hydrogen) atoms. The topological polar surface area (TPSA) is 366 Å². The number of hydrogen-bond donors (Lipinski definition) is 14. The third-order valence-electron chi connectivity index (χ3n) is 9.85. The molecule has 5 rings (SSSR count). The fourth-order valence-electron chi connectivity index (χ4n) is 6.59. The first-order valence-corrected chi connectivity index (χ1v) is 16.7. The molecule has 14 N–H and O–H groups in total. The Bertz CT molecular complexity index is 1120. The van der Waals surface area contributed by atoms with Gasteiger partial charge < -0.3 is 114 Å². The fraction of sp³-hybridized carbons (Fsp3) is 1.00. The summed E-state index contributed by atoms with van der Waals surface area (Å²) in [5.74, 6) is 0. The average molecular weight is 767 g/mol. The predicted octanol–water partition coefficient (Wildman–Crippen LogP) is -9.23. The van der Waals surface area contributed by atoms with Gasteiger partial charge in [-0.15, -0.1) is 0 Å². The Morgan fingerprint density at radius 3 is 1.52 bits per heavy atom. The molecule has 23 nitrogen and oxygen atoms in total. The highest BCUT2D eigenvalue weighted by Gasteiger charge is 2.56. The largest absolute Gasteiger partial charge is 0.394 e. The Hall–Kier alpha value is -0.920. The van der Waals surface area contributed by atoms with Gasteiger partial charge in [-0.05, 0) is 13.8 Å². The van der Waals surface area contributed by atoms with Gasteiger partial charge >= 0.3 is 0 Å². The van der Waals surface area contributed by atoms with Crippen LogP contribution in [0.2, 0.25) is 0 Å². The Morgan fingerprint density at radius 1 is 0.423 bits per heavy atom. The summed E-state index contributed by atoms with van der Waals surface area (Å²) >= 11 is 0. The SMILES string of the molecule is C[C@@H]1O[C@@H](O[C@H]2[C@H](O[C@H]3[C@H](O[C@@H]4[C@@H](O)[C@H](O)O[C@H](CO)[C@H]4O)OC[C@H](O)[C@@H]3O[C@@H]3O[C@H](CO)[C@@H](O)[C@H](O)[C@H]3O)O[C@@H](C)[C@H](O)[C@H]2O)[C@H](O)[C@H](O)[C@H]1O. The van der Waals surface area contributed by atoms with Gasteiger partial charge in [-0.1, -0.05) is 0 Å². The maximum absolute atomic E-state index is 11.1. The summed E-state index contributed by atoms with van der Waals surface area (Å²) in [6, 6.07) is 0. The second kappa shape index (κ2) is 17.5. The summed E-state index contributed by atoms with van der Waals surface area (Å²) in [7, 11) is 0. The first kappa shape index (κ1) is 42.2. The third kappa shape index (κ3) is 8.42. The van der Waals surface area contributed by atoms with E-state index in [0.717, 1.165) is 0 Å². The molecule has 0 aromatic rings. The standard InChI is InChI=1S/C29H50O23/c1-6-11(33)15(37)18(40)26(45-6)51-23-17(39)12(34)7(2)46-29(23)52-24-21(49-27-19(41)16(38)13(35)9(3-30)48-27)8(32)5-44-28(24)50-22-14(36)10(4-31)47-25(43)20(22)42/h6-43H,3-5H2,1-2H3/t6-,7-,8-,9+,10+,11-,12-,13+,14+,15+,16-,17+,18+,19+,20+,21-,22-,23+,24+,25+,26-,27-,28-,29-/m0/s1. The van der Waals surface area contributed by atoms with Crippen LogP contribution < -0.4 is 0 Å². The van der Waals surface area contributed by atoms with Gasteiger partial charge in [-0.3, -0.25) is 0 Å². The lowest BCUT2D eigenvalue weighted by molar-refractivity contribution is -0.405. The van der Waals surface area contributed by atoms with E-state index >= 15 is 0 Å². The lowest BCUT2D eigenvalue weighted by atomic mass is 9.97. The molecular weight excluding hydrogens is 716 g/mol. The molecule has 0 radical (unpaired) electrons. The molecule has 0 unspecified atom stereocenters. The molecule has 5 saturated heterocycles. The number of aliphatic hydroxyl groups excluding tert-OH is 14. The zero-order valence-corrected chi connectivity index (χ0v) is 27.9. The molecular formula is C29H50O23. The normalized spacial score (nSPS) is 54.9. The van der Waals surface area contributed by atoms with Crippen molar-refractivity contribution in [1.29, 1.82) is 0 Å². The van der Waals surface area contributed by atoms with E-state index < -0.39 is 167 Å². The van der Waals surface area contributed by atoms with Gasteiger partial charge in [-0.2, -0.15) is 0 Å². The summed E-state index contributed by atoms with van der Waals surface area (Å²) in [6.07, 6.45) is -41.7. The van der Waals surface area contributed by atoms with Crippen LogP contribution in [0.5, 0.6) is 0 Å². The van der Waals surface area contributed by atoms with Crippen molar-refractivity contribution in [3.63, 3.8) is 0 Å². The molecule has 5 fully saturated rings. The molecule has 5 aliphatic heterocycles. The molecule has 0 amide bonds. The highest BCUT2D eigenvalue weighted by atomic mass is 16.8. The molecule has 24 atom stereocenters. The minimum absolute atomic E-state index is 0.641. The van der Waals surface area contributed by atoms with Crippen LogP contribution in [0.1, 0.15) is 13.8 Å². The van der Waals surface area contributed by atoms with Crippen molar-refractivity contribution >= 4 is 0 Å². The van der Waals surface area contributed by atoms with E-state index in [1.54, 1.807) is 0 Å². The number of rotatable bonds is 10. The van der Waals surface area contributed by atoms with Crippen molar-refractivity contribution in [3.8, 4) is 0 Å². The molecule has 0 aromatic carbocycles. The number of ether oxygens (including phenoxy) is 9. The Balaban J connectivity index is 1.48. The summed E-state index contributed by atoms with van der Waals surface area (Å²) < 4.78 is 51.0. The summed E-state index contributed by atoms with van der Waals surface area (Å²) in [5.41, 5.74) is 0. The van der Waals surface area contributed by atoms with E-state index in [1.807, 2.05) is 0 Å². The van der Waals surface area contributed by atoms with Crippen LogP contribution in [-0.2, 0) is 42.6 Å². The molecule has 0 bridgehead atoms. The number of aliphatic hydroxyl groups is 14. The molecule has 5 aliphatic rings. The van der Waals surface area contributed by atoms with Crippen molar-refractivity contribution in [3.05, 3.63) is 0 Å². The van der Waals surface area contributed by atoms with Gasteiger partial charge in [0.25, 0.3) is 0 Å². The molecule has 0 spiro atoms. The number of hydrogen-bond acceptors (Lipinski definition) is 23. The van der Waals surface area contributed by atoms with E-state index in [4.69, 9.17) is 42.6 Å². The highest BCUT2D eigenvalue weighted by Crippen LogP contribution is 2.36. The van der Waals surface area contributed by atoms with Crippen LogP contribution in [-0.4, -0.2) is 239 Å². The van der Waals surface area contributed by atoms with E-state index in [0.29, 0.717) is 0 Å². The van der Waals surface area contributed by atoms with Crippen LogP contribution >= 0.6 is 0 Å². The third-order valence-corrected chi connectivity index (χ3v) is 9.85. The van der Waals surface area contributed by atoms with Crippen LogP contribution in [0.25, 0.3) is 0 Å². The molecule has 5 heterocycles. The molecule has 304 valence electrons. The Labute approximate surface area is 295 Å². The molecule has 0 aliphatic carbocycles. The Morgan fingerprint density at radius 2 is 0.904 bits per heavy atom. The van der Waals surface area contributed by atoms with Gasteiger partial charge in [0.1, 0.15) is 104 Å². The van der Waals surface area contributed by atoms with Gasteiger partial charge in [0.05, 0.1) is 32.0 Å². The smallest absolute Gasteiger partial charge is 0.187 e. The summed E-state index contributed by atoms with van der Waals surface area (Å²) in [4.78, 5) is 0. The van der Waals surface area contributed by atoms with E-state index in [2.05, 4.69) is 0 Å². The van der Waals surface area contributed by atoms with Crippen LogP contribution in [0, 0.1) is 0 Å². The average Bonchev–Trinajstić information content (AvgIpc) is 3.12. The lowest BCUT2D eigenvalue weighted by Gasteiger charge is -2.49. The van der Waals surface area contributed by atoms with E-state index in [1.165, 1.54) is 13.8 Å². The lowest BCUT2D eigenvalue weighted by Crippen LogP contribution is -2.67. The highest BCUT2D eigenvalue weighted by molar-refractivity contribution is 4.97.